The van der Waals surface area contributed by atoms with E-state index in [1.807, 2.05) is 0 Å². The Morgan fingerprint density at radius 1 is 1.17 bits per heavy atom. The van der Waals surface area contributed by atoms with E-state index < -0.39 is 17.6 Å². The number of halogens is 4. The van der Waals surface area contributed by atoms with Crippen LogP contribution in [-0.2, 0) is 17.5 Å². The van der Waals surface area contributed by atoms with E-state index in [0.29, 0.717) is 34.9 Å². The molecule has 0 bridgehead atoms. The number of hydrogen-bond acceptors (Lipinski definition) is 6. The van der Waals surface area contributed by atoms with Crippen LogP contribution >= 0.6 is 15.9 Å². The third kappa shape index (κ3) is 4.37. The second-order valence-electron chi connectivity index (χ2n) is 6.25. The fourth-order valence-corrected chi connectivity index (χ4v) is 3.16. The SMILES string of the molecule is O=C(Cn1nnc(-c2cccc(C(F)(F)F)c2)n1)Nc1cc2c(cc1Br)OCCO2. The molecular formula is C18H13BrF3N5O3. The molecule has 0 aliphatic carbocycles. The highest BCUT2D eigenvalue weighted by Crippen LogP contribution is 2.38. The van der Waals surface area contributed by atoms with Gasteiger partial charge in [0.1, 0.15) is 19.8 Å². The Morgan fingerprint density at radius 3 is 2.63 bits per heavy atom. The number of benzene rings is 2. The molecule has 0 saturated carbocycles. The molecule has 1 aromatic heterocycles. The Morgan fingerprint density at radius 2 is 1.90 bits per heavy atom. The standard InChI is InChI=1S/C18H13BrF3N5O3/c19-12-7-14-15(30-5-4-29-14)8-13(12)23-16(28)9-27-25-17(24-26-27)10-2-1-3-11(6-10)18(20,21)22/h1-3,6-8H,4-5,9H2,(H,23,28). The van der Waals surface area contributed by atoms with E-state index in [2.05, 4.69) is 36.7 Å². The Labute approximate surface area is 176 Å². The van der Waals surface area contributed by atoms with Gasteiger partial charge in [-0.25, -0.2) is 0 Å². The van der Waals surface area contributed by atoms with Gasteiger partial charge in [-0.3, -0.25) is 4.79 Å². The summed E-state index contributed by atoms with van der Waals surface area (Å²) in [6.45, 7) is 0.563. The van der Waals surface area contributed by atoms with Crippen LogP contribution in [0.4, 0.5) is 18.9 Å². The summed E-state index contributed by atoms with van der Waals surface area (Å²) in [6.07, 6.45) is -4.48. The maximum atomic E-state index is 12.9. The molecule has 0 unspecified atom stereocenters. The average molecular weight is 484 g/mol. The molecule has 0 radical (unpaired) electrons. The predicted molar refractivity (Wildman–Crippen MR) is 102 cm³/mol. The highest BCUT2D eigenvalue weighted by molar-refractivity contribution is 9.10. The van der Waals surface area contributed by atoms with Crippen molar-refractivity contribution < 1.29 is 27.4 Å². The van der Waals surface area contributed by atoms with Crippen LogP contribution < -0.4 is 14.8 Å². The first-order valence-corrected chi connectivity index (χ1v) is 9.43. The zero-order chi connectivity index (χ0) is 21.3. The number of carbonyl (C=O) groups is 1. The number of alkyl halides is 3. The number of ether oxygens (including phenoxy) is 2. The number of tetrazole rings is 1. The Hall–Kier alpha value is -3.15. The molecule has 1 aliphatic rings. The molecule has 30 heavy (non-hydrogen) atoms. The van der Waals surface area contributed by atoms with Gasteiger partial charge in [0.15, 0.2) is 11.5 Å². The first-order valence-electron chi connectivity index (χ1n) is 8.64. The summed E-state index contributed by atoms with van der Waals surface area (Å²) in [4.78, 5) is 13.3. The quantitative estimate of drug-likeness (QED) is 0.610. The van der Waals surface area contributed by atoms with Gasteiger partial charge in [0.2, 0.25) is 11.7 Å². The van der Waals surface area contributed by atoms with Crippen LogP contribution in [0.1, 0.15) is 5.56 Å². The van der Waals surface area contributed by atoms with Crippen LogP contribution in [0.3, 0.4) is 0 Å². The van der Waals surface area contributed by atoms with E-state index in [9.17, 15) is 18.0 Å². The van der Waals surface area contributed by atoms with E-state index in [4.69, 9.17) is 9.47 Å². The lowest BCUT2D eigenvalue weighted by Crippen LogP contribution is -2.21. The van der Waals surface area contributed by atoms with E-state index in [1.54, 1.807) is 12.1 Å². The lowest BCUT2D eigenvalue weighted by Gasteiger charge is -2.20. The lowest BCUT2D eigenvalue weighted by atomic mass is 10.1. The van der Waals surface area contributed by atoms with Gasteiger partial charge in [0, 0.05) is 22.2 Å². The number of hydrogen-bond donors (Lipinski definition) is 1. The van der Waals surface area contributed by atoms with Crippen molar-refractivity contribution in [2.45, 2.75) is 12.7 Å². The van der Waals surface area contributed by atoms with E-state index >= 15 is 0 Å². The molecular weight excluding hydrogens is 471 g/mol. The first-order chi connectivity index (χ1) is 14.3. The number of carbonyl (C=O) groups excluding carboxylic acids is 1. The van der Waals surface area contributed by atoms with Crippen LogP contribution in [0.15, 0.2) is 40.9 Å². The zero-order valence-electron chi connectivity index (χ0n) is 15.1. The van der Waals surface area contributed by atoms with Crippen molar-refractivity contribution in [3.63, 3.8) is 0 Å². The maximum Gasteiger partial charge on any atom is 0.416 e. The number of anilines is 1. The molecule has 8 nitrogen and oxygen atoms in total. The molecule has 4 rings (SSSR count). The number of aromatic nitrogens is 4. The highest BCUT2D eigenvalue weighted by atomic mass is 79.9. The van der Waals surface area contributed by atoms with Crippen LogP contribution in [-0.4, -0.2) is 39.3 Å². The molecule has 0 fully saturated rings. The zero-order valence-corrected chi connectivity index (χ0v) is 16.7. The first kappa shape index (κ1) is 20.1. The summed E-state index contributed by atoms with van der Waals surface area (Å²) in [6, 6.07) is 7.87. The van der Waals surface area contributed by atoms with Gasteiger partial charge in [0.25, 0.3) is 0 Å². The lowest BCUT2D eigenvalue weighted by molar-refractivity contribution is -0.137. The minimum atomic E-state index is -4.48. The maximum absolute atomic E-state index is 12.9. The summed E-state index contributed by atoms with van der Waals surface area (Å²) in [7, 11) is 0. The van der Waals surface area contributed by atoms with Gasteiger partial charge in [-0.15, -0.1) is 10.2 Å². The number of rotatable bonds is 4. The van der Waals surface area contributed by atoms with Gasteiger partial charge in [0.05, 0.1) is 11.3 Å². The van der Waals surface area contributed by atoms with Gasteiger partial charge < -0.3 is 14.8 Å². The molecule has 1 aliphatic heterocycles. The van der Waals surface area contributed by atoms with Gasteiger partial charge in [-0.05, 0) is 33.3 Å². The van der Waals surface area contributed by atoms with E-state index in [0.717, 1.165) is 16.9 Å². The monoisotopic (exact) mass is 483 g/mol. The molecule has 2 aromatic carbocycles. The summed E-state index contributed by atoms with van der Waals surface area (Å²) in [5, 5.41) is 14.1. The molecule has 0 atom stereocenters. The van der Waals surface area contributed by atoms with Crippen molar-refractivity contribution in [3.05, 3.63) is 46.4 Å². The van der Waals surface area contributed by atoms with Gasteiger partial charge in [-0.2, -0.15) is 18.0 Å². The minimum Gasteiger partial charge on any atom is -0.486 e. The van der Waals surface area contributed by atoms with Crippen molar-refractivity contribution in [1.82, 2.24) is 20.2 Å². The second-order valence-corrected chi connectivity index (χ2v) is 7.10. The summed E-state index contributed by atoms with van der Waals surface area (Å²) in [5.41, 5.74) is -0.217. The number of fused-ring (bicyclic) bond motifs is 1. The smallest absolute Gasteiger partial charge is 0.416 e. The normalized spacial score (nSPS) is 13.2. The summed E-state index contributed by atoms with van der Waals surface area (Å²) in [5.74, 6) is 0.593. The van der Waals surface area contributed by atoms with Crippen LogP contribution in [0.2, 0.25) is 0 Å². The minimum absolute atomic E-state index is 0.0191. The van der Waals surface area contributed by atoms with Crippen LogP contribution in [0.5, 0.6) is 11.5 Å². The molecule has 2 heterocycles. The van der Waals surface area contributed by atoms with Gasteiger partial charge >= 0.3 is 6.18 Å². The average Bonchev–Trinajstić information content (AvgIpc) is 3.16. The molecule has 0 saturated heterocycles. The van der Waals surface area contributed by atoms with Crippen molar-refractivity contribution in [2.24, 2.45) is 0 Å². The summed E-state index contributed by atoms with van der Waals surface area (Å²) >= 11 is 3.35. The highest BCUT2D eigenvalue weighted by Gasteiger charge is 2.30. The van der Waals surface area contributed by atoms with Crippen molar-refractivity contribution in [3.8, 4) is 22.9 Å². The van der Waals surface area contributed by atoms with Crippen LogP contribution in [0.25, 0.3) is 11.4 Å². The third-order valence-electron chi connectivity index (χ3n) is 4.09. The number of amides is 1. The molecule has 1 amide bonds. The fourth-order valence-electron chi connectivity index (χ4n) is 2.74. The predicted octanol–water partition coefficient (Wildman–Crippen LogP) is 3.53. The molecule has 12 heteroatoms. The topological polar surface area (TPSA) is 91.2 Å². The largest absolute Gasteiger partial charge is 0.486 e. The third-order valence-corrected chi connectivity index (χ3v) is 4.75. The Bertz CT molecular complexity index is 1100. The Balaban J connectivity index is 1.46. The fraction of sp³-hybridized carbons (Fsp3) is 0.222. The molecule has 156 valence electrons. The molecule has 0 spiro atoms. The Kier molecular flexibility index (Phi) is 5.33. The number of nitrogens with zero attached hydrogens (tertiary/aromatic N) is 4. The van der Waals surface area contributed by atoms with Crippen molar-refractivity contribution >= 4 is 27.5 Å². The van der Waals surface area contributed by atoms with E-state index in [-0.39, 0.29) is 17.9 Å². The van der Waals surface area contributed by atoms with Crippen molar-refractivity contribution in [2.75, 3.05) is 18.5 Å². The number of nitrogens with one attached hydrogen (secondary N) is 1. The molecule has 3 aromatic rings. The van der Waals surface area contributed by atoms with Crippen molar-refractivity contribution in [1.29, 1.82) is 0 Å². The molecule has 1 N–H and O–H groups in total. The van der Waals surface area contributed by atoms with Crippen LogP contribution in [0, 0.1) is 0 Å². The van der Waals surface area contributed by atoms with Gasteiger partial charge in [-0.1, -0.05) is 12.1 Å². The van der Waals surface area contributed by atoms with E-state index in [1.165, 1.54) is 12.1 Å². The summed E-state index contributed by atoms with van der Waals surface area (Å²) < 4.78 is 50.2. The second kappa shape index (κ2) is 7.94.